The third kappa shape index (κ3) is 5.21. The average Bonchev–Trinajstić information content (AvgIpc) is 3.22. The Morgan fingerprint density at radius 3 is 2.57 bits per heavy atom. The highest BCUT2D eigenvalue weighted by molar-refractivity contribution is 6.35. The van der Waals surface area contributed by atoms with Gasteiger partial charge in [0.1, 0.15) is 5.76 Å². The molecular formula is C21H28N4O3. The lowest BCUT2D eigenvalue weighted by atomic mass is 9.98. The predicted octanol–water partition coefficient (Wildman–Crippen LogP) is 1.17. The van der Waals surface area contributed by atoms with E-state index in [0.29, 0.717) is 19.6 Å². The van der Waals surface area contributed by atoms with Crippen molar-refractivity contribution in [3.8, 4) is 0 Å². The number of likely N-dealkylation sites (N-methyl/N-ethyl adjacent to an activating group) is 1. The van der Waals surface area contributed by atoms with Crippen LogP contribution in [0.3, 0.4) is 0 Å². The van der Waals surface area contributed by atoms with Crippen molar-refractivity contribution in [1.82, 2.24) is 20.4 Å². The second-order valence-electron chi connectivity index (χ2n) is 7.29. The van der Waals surface area contributed by atoms with E-state index in [-0.39, 0.29) is 6.04 Å². The number of carbonyl (C=O) groups excluding carboxylic acids is 2. The van der Waals surface area contributed by atoms with Gasteiger partial charge < -0.3 is 20.0 Å². The zero-order valence-corrected chi connectivity index (χ0v) is 16.5. The quantitative estimate of drug-likeness (QED) is 0.701. The van der Waals surface area contributed by atoms with Crippen LogP contribution in [0.15, 0.2) is 47.1 Å². The van der Waals surface area contributed by atoms with Gasteiger partial charge in [-0.15, -0.1) is 0 Å². The predicted molar refractivity (Wildman–Crippen MR) is 107 cm³/mol. The van der Waals surface area contributed by atoms with E-state index < -0.39 is 11.8 Å². The van der Waals surface area contributed by atoms with Crippen molar-refractivity contribution in [2.75, 3.05) is 40.3 Å². The van der Waals surface area contributed by atoms with Crippen LogP contribution in [0.1, 0.15) is 22.9 Å². The van der Waals surface area contributed by atoms with Crippen molar-refractivity contribution >= 4 is 11.8 Å². The van der Waals surface area contributed by atoms with Crippen molar-refractivity contribution in [2.24, 2.45) is 0 Å². The minimum atomic E-state index is -0.618. The summed E-state index contributed by atoms with van der Waals surface area (Å²) in [6.07, 6.45) is 2.59. The number of carbonyl (C=O) groups is 2. The minimum absolute atomic E-state index is 0.123. The summed E-state index contributed by atoms with van der Waals surface area (Å²) in [5.41, 5.74) is 2.65. The van der Waals surface area contributed by atoms with Crippen molar-refractivity contribution in [1.29, 1.82) is 0 Å². The maximum absolute atomic E-state index is 12.2. The minimum Gasteiger partial charge on any atom is -0.468 e. The fraction of sp³-hybridized carbons (Fsp3) is 0.429. The molecule has 1 aromatic heterocycles. The van der Waals surface area contributed by atoms with E-state index in [1.165, 1.54) is 11.1 Å². The molecule has 28 heavy (non-hydrogen) atoms. The molecule has 2 N–H and O–H groups in total. The van der Waals surface area contributed by atoms with Gasteiger partial charge in [0.05, 0.1) is 12.3 Å². The van der Waals surface area contributed by atoms with Gasteiger partial charge in [0.25, 0.3) is 0 Å². The largest absolute Gasteiger partial charge is 0.468 e. The van der Waals surface area contributed by atoms with Crippen molar-refractivity contribution in [2.45, 2.75) is 19.0 Å². The Morgan fingerprint density at radius 2 is 1.86 bits per heavy atom. The van der Waals surface area contributed by atoms with E-state index >= 15 is 0 Å². The van der Waals surface area contributed by atoms with Gasteiger partial charge in [-0.25, -0.2) is 0 Å². The number of nitrogens with one attached hydrogen (secondary N) is 2. The van der Waals surface area contributed by atoms with E-state index in [0.717, 1.165) is 25.3 Å². The van der Waals surface area contributed by atoms with Crippen LogP contribution in [0.25, 0.3) is 0 Å². The Balaban J connectivity index is 1.61. The first-order valence-electron chi connectivity index (χ1n) is 9.59. The van der Waals surface area contributed by atoms with Gasteiger partial charge >= 0.3 is 11.8 Å². The molecule has 1 atom stereocenters. The van der Waals surface area contributed by atoms with Gasteiger partial charge in [-0.05, 0) is 43.8 Å². The van der Waals surface area contributed by atoms with Crippen LogP contribution in [0.4, 0.5) is 0 Å². The van der Waals surface area contributed by atoms with Gasteiger partial charge in [-0.1, -0.05) is 24.3 Å². The summed E-state index contributed by atoms with van der Waals surface area (Å²) < 4.78 is 5.62. The summed E-state index contributed by atoms with van der Waals surface area (Å²) in [6, 6.07) is 12.0. The molecule has 150 valence electrons. The highest BCUT2D eigenvalue weighted by Crippen LogP contribution is 2.27. The summed E-state index contributed by atoms with van der Waals surface area (Å²) in [6.45, 7) is 3.08. The molecule has 2 heterocycles. The number of rotatable bonds is 7. The lowest BCUT2D eigenvalue weighted by molar-refractivity contribution is -0.139. The topological polar surface area (TPSA) is 77.8 Å². The molecular weight excluding hydrogens is 356 g/mol. The van der Waals surface area contributed by atoms with E-state index in [4.69, 9.17) is 4.42 Å². The normalized spacial score (nSPS) is 15.1. The molecule has 0 unspecified atom stereocenters. The number of amides is 2. The van der Waals surface area contributed by atoms with Gasteiger partial charge in [0, 0.05) is 32.7 Å². The number of fused-ring (bicyclic) bond motifs is 1. The number of hydrogen-bond donors (Lipinski definition) is 2. The summed E-state index contributed by atoms with van der Waals surface area (Å²) in [5, 5.41) is 5.40. The van der Waals surface area contributed by atoms with Crippen LogP contribution >= 0.6 is 0 Å². The first-order chi connectivity index (χ1) is 13.5. The van der Waals surface area contributed by atoms with Gasteiger partial charge in [0.2, 0.25) is 0 Å². The highest BCUT2D eigenvalue weighted by Gasteiger charge is 2.27. The molecule has 1 aromatic carbocycles. The number of hydrogen-bond acceptors (Lipinski definition) is 5. The summed E-state index contributed by atoms with van der Waals surface area (Å²) >= 11 is 0. The molecule has 0 bridgehead atoms. The Hall–Kier alpha value is -2.64. The molecule has 3 rings (SSSR count). The van der Waals surface area contributed by atoms with E-state index in [2.05, 4.69) is 33.7 Å². The smallest absolute Gasteiger partial charge is 0.309 e. The lowest BCUT2D eigenvalue weighted by Crippen LogP contribution is -2.46. The molecule has 0 saturated carbocycles. The van der Waals surface area contributed by atoms with E-state index in [9.17, 15) is 9.59 Å². The zero-order valence-electron chi connectivity index (χ0n) is 16.5. The molecule has 1 aliphatic heterocycles. The molecule has 2 aromatic rings. The molecule has 1 aliphatic rings. The molecule has 0 fully saturated rings. The fourth-order valence-electron chi connectivity index (χ4n) is 3.42. The standard InChI is InChI=1S/C21H28N4O3/c1-24(2)12-10-22-20(26)21(27)23-14-18(19-8-5-13-28-19)25-11-9-16-6-3-4-7-17(16)15-25/h3-8,13,18H,9-12,14-15H2,1-2H3,(H,22,26)(H,23,27)/t18-/m1/s1. The average molecular weight is 384 g/mol. The molecule has 7 nitrogen and oxygen atoms in total. The Bertz CT molecular complexity index is 789. The highest BCUT2D eigenvalue weighted by atomic mass is 16.3. The number of furan rings is 1. The van der Waals surface area contributed by atoms with Crippen molar-refractivity contribution < 1.29 is 14.0 Å². The van der Waals surface area contributed by atoms with Crippen LogP contribution in [-0.2, 0) is 22.6 Å². The first-order valence-corrected chi connectivity index (χ1v) is 9.59. The first kappa shape index (κ1) is 20.1. The molecule has 0 aliphatic carbocycles. The van der Waals surface area contributed by atoms with Crippen LogP contribution in [0.2, 0.25) is 0 Å². The maximum atomic E-state index is 12.2. The second kappa shape index (κ2) is 9.52. The number of benzene rings is 1. The third-order valence-electron chi connectivity index (χ3n) is 4.98. The number of nitrogens with zero attached hydrogens (tertiary/aromatic N) is 2. The molecule has 0 radical (unpaired) electrons. The monoisotopic (exact) mass is 384 g/mol. The Kier molecular flexibility index (Phi) is 6.84. The summed E-state index contributed by atoms with van der Waals surface area (Å²) in [5.74, 6) is -0.440. The lowest BCUT2D eigenvalue weighted by Gasteiger charge is -2.34. The molecule has 7 heteroatoms. The Morgan fingerprint density at radius 1 is 1.11 bits per heavy atom. The fourth-order valence-corrected chi connectivity index (χ4v) is 3.42. The SMILES string of the molecule is CN(C)CCNC(=O)C(=O)NC[C@H](c1ccco1)N1CCc2ccccc2C1. The molecule has 0 saturated heterocycles. The summed E-state index contributed by atoms with van der Waals surface area (Å²) in [7, 11) is 3.83. The molecule has 0 spiro atoms. The van der Waals surface area contributed by atoms with Crippen molar-refractivity contribution in [3.63, 3.8) is 0 Å². The van der Waals surface area contributed by atoms with Crippen LogP contribution in [0.5, 0.6) is 0 Å². The maximum Gasteiger partial charge on any atom is 0.309 e. The van der Waals surface area contributed by atoms with Crippen LogP contribution in [0, 0.1) is 0 Å². The summed E-state index contributed by atoms with van der Waals surface area (Å²) in [4.78, 5) is 28.4. The second-order valence-corrected chi connectivity index (χ2v) is 7.29. The van der Waals surface area contributed by atoms with Crippen LogP contribution < -0.4 is 10.6 Å². The van der Waals surface area contributed by atoms with E-state index in [1.54, 1.807) is 6.26 Å². The van der Waals surface area contributed by atoms with Gasteiger partial charge in [0.15, 0.2) is 0 Å². The molecule has 2 amide bonds. The van der Waals surface area contributed by atoms with Gasteiger partial charge in [-0.3, -0.25) is 14.5 Å². The zero-order chi connectivity index (χ0) is 19.9. The Labute approximate surface area is 165 Å². The van der Waals surface area contributed by atoms with Gasteiger partial charge in [-0.2, -0.15) is 0 Å². The third-order valence-corrected chi connectivity index (χ3v) is 4.98. The van der Waals surface area contributed by atoms with E-state index in [1.807, 2.05) is 37.2 Å². The van der Waals surface area contributed by atoms with Crippen LogP contribution in [-0.4, -0.2) is 61.9 Å². The van der Waals surface area contributed by atoms with Crippen molar-refractivity contribution in [3.05, 3.63) is 59.5 Å².